The second-order valence-corrected chi connectivity index (χ2v) is 10.8. The number of allylic oxidation sites excluding steroid dienone is 1. The van der Waals surface area contributed by atoms with Gasteiger partial charge in [-0.1, -0.05) is 31.6 Å². The molecular formula is C30H39N5O2. The molecule has 3 atom stereocenters. The highest BCUT2D eigenvalue weighted by Crippen LogP contribution is 2.39. The summed E-state index contributed by atoms with van der Waals surface area (Å²) in [6.45, 7) is 12.4. The number of anilines is 1. The summed E-state index contributed by atoms with van der Waals surface area (Å²) >= 11 is 0. The van der Waals surface area contributed by atoms with Gasteiger partial charge < -0.3 is 14.1 Å². The minimum absolute atomic E-state index is 0.439. The van der Waals surface area contributed by atoms with Crippen molar-refractivity contribution in [3.05, 3.63) is 66.2 Å². The van der Waals surface area contributed by atoms with E-state index in [1.807, 2.05) is 36.5 Å². The molecule has 0 spiro atoms. The molecule has 1 fully saturated rings. The number of aromatic nitrogens is 3. The summed E-state index contributed by atoms with van der Waals surface area (Å²) in [6.07, 6.45) is 6.39. The lowest BCUT2D eigenvalue weighted by Gasteiger charge is -2.41. The third-order valence-electron chi connectivity index (χ3n) is 8.12. The molecule has 0 bridgehead atoms. The molecule has 3 heterocycles. The van der Waals surface area contributed by atoms with Gasteiger partial charge in [-0.3, -0.25) is 4.90 Å². The highest BCUT2D eigenvalue weighted by molar-refractivity contribution is 5.54. The molecule has 1 aromatic carbocycles. The van der Waals surface area contributed by atoms with Crippen LogP contribution in [0.2, 0.25) is 0 Å². The first-order valence-electron chi connectivity index (χ1n) is 13.5. The van der Waals surface area contributed by atoms with E-state index in [2.05, 4.69) is 64.0 Å². The Morgan fingerprint density at radius 2 is 1.81 bits per heavy atom. The van der Waals surface area contributed by atoms with Crippen LogP contribution in [0.3, 0.4) is 0 Å². The van der Waals surface area contributed by atoms with Gasteiger partial charge in [-0.2, -0.15) is 0 Å². The maximum Gasteiger partial charge on any atom is 0.247 e. The average Bonchev–Trinajstić information content (AvgIpc) is 3.39. The number of nitrogens with zero attached hydrogens (tertiary/aromatic N) is 5. The summed E-state index contributed by atoms with van der Waals surface area (Å²) in [5, 5.41) is 8.70. The van der Waals surface area contributed by atoms with Crippen molar-refractivity contribution in [3.63, 3.8) is 0 Å². The first kappa shape index (κ1) is 25.5. The number of hydrogen-bond donors (Lipinski definition) is 0. The number of hydrogen-bond acceptors (Lipinski definition) is 7. The smallest absolute Gasteiger partial charge is 0.247 e. The average molecular weight is 502 g/mol. The van der Waals surface area contributed by atoms with Gasteiger partial charge in [0.25, 0.3) is 0 Å². The van der Waals surface area contributed by atoms with Crippen LogP contribution in [0.5, 0.6) is 5.75 Å². The maximum atomic E-state index is 6.08. The van der Waals surface area contributed by atoms with Crippen molar-refractivity contribution in [2.24, 2.45) is 23.7 Å². The lowest BCUT2D eigenvalue weighted by Crippen LogP contribution is -2.49. The van der Waals surface area contributed by atoms with Crippen molar-refractivity contribution in [1.82, 2.24) is 20.1 Å². The molecule has 1 saturated heterocycles. The van der Waals surface area contributed by atoms with Crippen molar-refractivity contribution < 1.29 is 9.15 Å². The van der Waals surface area contributed by atoms with Gasteiger partial charge in [-0.25, -0.2) is 4.98 Å². The van der Waals surface area contributed by atoms with Crippen LogP contribution in [-0.4, -0.2) is 59.9 Å². The molecular weight excluding hydrogens is 462 g/mol. The van der Waals surface area contributed by atoms with Gasteiger partial charge in [-0.05, 0) is 73.4 Å². The van der Waals surface area contributed by atoms with Crippen LogP contribution in [0.25, 0.3) is 11.5 Å². The summed E-state index contributed by atoms with van der Waals surface area (Å²) in [6, 6.07) is 13.9. The number of methoxy groups -OCH3 is 1. The Balaban J connectivity index is 1.21. The number of benzene rings is 1. The highest BCUT2D eigenvalue weighted by atomic mass is 16.5. The fourth-order valence-corrected chi connectivity index (χ4v) is 5.88. The Bertz CT molecular complexity index is 1170. The summed E-state index contributed by atoms with van der Waals surface area (Å²) < 4.78 is 11.3. The molecule has 1 aliphatic heterocycles. The van der Waals surface area contributed by atoms with E-state index in [9.17, 15) is 0 Å². The Kier molecular flexibility index (Phi) is 7.89. The van der Waals surface area contributed by atoms with Crippen LogP contribution < -0.4 is 9.64 Å². The van der Waals surface area contributed by atoms with E-state index in [4.69, 9.17) is 9.15 Å². The van der Waals surface area contributed by atoms with Gasteiger partial charge in [0.2, 0.25) is 11.8 Å². The normalized spacial score (nSPS) is 22.8. The minimum Gasteiger partial charge on any atom is -0.497 e. The van der Waals surface area contributed by atoms with E-state index < -0.39 is 0 Å². The summed E-state index contributed by atoms with van der Waals surface area (Å²) in [5.74, 6) is 5.48. The zero-order valence-corrected chi connectivity index (χ0v) is 22.5. The predicted octanol–water partition coefficient (Wildman–Crippen LogP) is 5.36. The summed E-state index contributed by atoms with van der Waals surface area (Å²) in [5.41, 5.74) is 2.37. The lowest BCUT2D eigenvalue weighted by molar-refractivity contribution is 0.155. The van der Waals surface area contributed by atoms with Crippen LogP contribution in [-0.2, 0) is 6.42 Å². The molecule has 196 valence electrons. The van der Waals surface area contributed by atoms with Crippen molar-refractivity contribution in [2.75, 3.05) is 44.7 Å². The maximum absolute atomic E-state index is 6.08. The zero-order valence-electron chi connectivity index (χ0n) is 22.5. The van der Waals surface area contributed by atoms with E-state index >= 15 is 0 Å². The standard InChI is InChI=1S/C30H39N5O2/c1-21(2)27-18-24(19-29-32-33-30(37-29)23-8-10-26(36-4)11-9-23)22(3)17-25(27)20-34-13-15-35(16-14-34)28-7-5-6-12-31-28/h5-12,17,21,24-25,27H,13-16,18-20H2,1-4H3/t24-,25-,27-/m0/s1. The molecule has 1 aliphatic carbocycles. The lowest BCUT2D eigenvalue weighted by atomic mass is 9.69. The molecule has 0 amide bonds. The molecule has 0 unspecified atom stereocenters. The molecule has 0 radical (unpaired) electrons. The summed E-state index contributed by atoms with van der Waals surface area (Å²) in [4.78, 5) is 9.58. The van der Waals surface area contributed by atoms with Gasteiger partial charge in [0.05, 0.1) is 7.11 Å². The van der Waals surface area contributed by atoms with E-state index in [0.29, 0.717) is 29.6 Å². The van der Waals surface area contributed by atoms with Crippen LogP contribution >= 0.6 is 0 Å². The zero-order chi connectivity index (χ0) is 25.8. The highest BCUT2D eigenvalue weighted by Gasteiger charge is 2.34. The monoisotopic (exact) mass is 501 g/mol. The molecule has 7 nitrogen and oxygen atoms in total. The second kappa shape index (κ2) is 11.5. The largest absolute Gasteiger partial charge is 0.497 e. The predicted molar refractivity (Wildman–Crippen MR) is 147 cm³/mol. The molecule has 37 heavy (non-hydrogen) atoms. The number of rotatable bonds is 8. The van der Waals surface area contributed by atoms with Crippen molar-refractivity contribution >= 4 is 5.82 Å². The van der Waals surface area contributed by atoms with Crippen molar-refractivity contribution in [2.45, 2.75) is 33.6 Å². The van der Waals surface area contributed by atoms with E-state index in [1.165, 1.54) is 12.0 Å². The van der Waals surface area contributed by atoms with Crippen molar-refractivity contribution in [3.8, 4) is 17.2 Å². The van der Waals surface area contributed by atoms with Gasteiger partial charge in [-0.15, -0.1) is 10.2 Å². The van der Waals surface area contributed by atoms with Gasteiger partial charge in [0, 0.05) is 50.9 Å². The fraction of sp³-hybridized carbons (Fsp3) is 0.500. The van der Waals surface area contributed by atoms with E-state index in [1.54, 1.807) is 7.11 Å². The molecule has 3 aromatic rings. The number of ether oxygens (including phenoxy) is 1. The minimum atomic E-state index is 0.439. The second-order valence-electron chi connectivity index (χ2n) is 10.8. The van der Waals surface area contributed by atoms with Crippen LogP contribution in [0.1, 0.15) is 33.1 Å². The van der Waals surface area contributed by atoms with Crippen LogP contribution in [0.4, 0.5) is 5.82 Å². The molecule has 2 aromatic heterocycles. The molecule has 2 aliphatic rings. The number of pyridine rings is 1. The SMILES string of the molecule is COc1ccc(-c2nnc(C[C@@H]3C[C@@H](C(C)C)[C@H](CN4CCN(c5ccccn5)CC4)C=C3C)o2)cc1. The van der Waals surface area contributed by atoms with Gasteiger partial charge in [0.15, 0.2) is 0 Å². The Morgan fingerprint density at radius 1 is 1.03 bits per heavy atom. The molecule has 5 rings (SSSR count). The Hall–Kier alpha value is -3.19. The quantitative estimate of drug-likeness (QED) is 0.385. The van der Waals surface area contributed by atoms with E-state index in [0.717, 1.165) is 62.2 Å². The van der Waals surface area contributed by atoms with Gasteiger partial charge in [0.1, 0.15) is 11.6 Å². The number of piperazine rings is 1. The van der Waals surface area contributed by atoms with Gasteiger partial charge >= 0.3 is 0 Å². The third kappa shape index (κ3) is 6.04. The first-order valence-corrected chi connectivity index (χ1v) is 13.5. The summed E-state index contributed by atoms with van der Waals surface area (Å²) in [7, 11) is 1.67. The van der Waals surface area contributed by atoms with Crippen LogP contribution in [0, 0.1) is 23.7 Å². The molecule has 0 N–H and O–H groups in total. The third-order valence-corrected chi connectivity index (χ3v) is 8.12. The Morgan fingerprint density at radius 3 is 2.49 bits per heavy atom. The fourth-order valence-electron chi connectivity index (χ4n) is 5.88. The molecule has 0 saturated carbocycles. The van der Waals surface area contributed by atoms with Crippen molar-refractivity contribution in [1.29, 1.82) is 0 Å². The Labute approximate surface area is 220 Å². The molecule has 7 heteroatoms. The van der Waals surface area contributed by atoms with Crippen LogP contribution in [0.15, 0.2) is 64.7 Å². The topological polar surface area (TPSA) is 67.5 Å². The first-order chi connectivity index (χ1) is 18.0. The van der Waals surface area contributed by atoms with E-state index in [-0.39, 0.29) is 0 Å².